The van der Waals surface area contributed by atoms with Gasteiger partial charge in [-0.2, -0.15) is 0 Å². The fourth-order valence-corrected chi connectivity index (χ4v) is 2.59. The molecule has 0 amide bonds. The lowest BCUT2D eigenvalue weighted by Gasteiger charge is -2.30. The Hall–Kier alpha value is -2.00. The van der Waals surface area contributed by atoms with Crippen molar-refractivity contribution < 1.29 is 4.74 Å². The van der Waals surface area contributed by atoms with Gasteiger partial charge in [-0.25, -0.2) is 0 Å². The first-order valence-corrected chi connectivity index (χ1v) is 7.56. The van der Waals surface area contributed by atoms with Crippen molar-refractivity contribution in [1.82, 2.24) is 5.32 Å². The largest absolute Gasteiger partial charge is 0.487 e. The van der Waals surface area contributed by atoms with Gasteiger partial charge in [0.25, 0.3) is 0 Å². The van der Waals surface area contributed by atoms with E-state index in [-0.39, 0.29) is 0 Å². The molecule has 2 aromatic carbocycles. The van der Waals surface area contributed by atoms with Crippen LogP contribution >= 0.6 is 0 Å². The van der Waals surface area contributed by atoms with Crippen LogP contribution < -0.4 is 15.0 Å². The molecule has 110 valence electrons. The molecular formula is C18H22N2O. The standard InChI is InChI=1S/C18H22N2O/c1-15-6-8-16(9-7-15)14-21-18-5-3-2-4-17(18)20-12-10-19-11-13-20/h2-9,19H,10-14H2,1H3. The summed E-state index contributed by atoms with van der Waals surface area (Å²) < 4.78 is 6.05. The van der Waals surface area contributed by atoms with Crippen molar-refractivity contribution >= 4 is 5.69 Å². The monoisotopic (exact) mass is 282 g/mol. The molecule has 1 heterocycles. The summed E-state index contributed by atoms with van der Waals surface area (Å²) in [6.45, 7) is 6.85. The number of hydrogen-bond donors (Lipinski definition) is 1. The smallest absolute Gasteiger partial charge is 0.143 e. The van der Waals surface area contributed by atoms with Gasteiger partial charge in [-0.3, -0.25) is 0 Å². The van der Waals surface area contributed by atoms with E-state index in [1.807, 2.05) is 6.07 Å². The van der Waals surface area contributed by atoms with E-state index in [0.717, 1.165) is 31.9 Å². The van der Waals surface area contributed by atoms with Gasteiger partial charge in [0.15, 0.2) is 0 Å². The molecular weight excluding hydrogens is 260 g/mol. The summed E-state index contributed by atoms with van der Waals surface area (Å²) in [5.41, 5.74) is 3.68. The number of rotatable bonds is 4. The molecule has 0 spiro atoms. The van der Waals surface area contributed by atoms with Crippen LogP contribution in [0.25, 0.3) is 0 Å². The fraction of sp³-hybridized carbons (Fsp3) is 0.333. The lowest BCUT2D eigenvalue weighted by molar-refractivity contribution is 0.306. The minimum absolute atomic E-state index is 0.614. The van der Waals surface area contributed by atoms with Crippen molar-refractivity contribution in [3.05, 3.63) is 59.7 Å². The van der Waals surface area contributed by atoms with Crippen molar-refractivity contribution in [3.8, 4) is 5.75 Å². The maximum absolute atomic E-state index is 6.05. The van der Waals surface area contributed by atoms with E-state index >= 15 is 0 Å². The van der Waals surface area contributed by atoms with Crippen molar-refractivity contribution in [1.29, 1.82) is 0 Å². The Kier molecular flexibility index (Phi) is 4.41. The molecule has 0 radical (unpaired) electrons. The van der Waals surface area contributed by atoms with Gasteiger partial charge in [-0.05, 0) is 24.6 Å². The van der Waals surface area contributed by atoms with Gasteiger partial charge in [-0.15, -0.1) is 0 Å². The van der Waals surface area contributed by atoms with Crippen LogP contribution in [-0.4, -0.2) is 26.2 Å². The molecule has 21 heavy (non-hydrogen) atoms. The van der Waals surface area contributed by atoms with Gasteiger partial charge in [-0.1, -0.05) is 42.0 Å². The third-order valence-corrected chi connectivity index (χ3v) is 3.84. The second-order valence-corrected chi connectivity index (χ2v) is 5.48. The molecule has 2 aromatic rings. The highest BCUT2D eigenvalue weighted by Crippen LogP contribution is 2.28. The summed E-state index contributed by atoms with van der Waals surface area (Å²) in [5, 5.41) is 3.38. The maximum Gasteiger partial charge on any atom is 0.143 e. The average Bonchev–Trinajstić information content (AvgIpc) is 2.55. The molecule has 1 saturated heterocycles. The first-order chi connectivity index (χ1) is 10.3. The van der Waals surface area contributed by atoms with Crippen molar-refractivity contribution in [2.45, 2.75) is 13.5 Å². The molecule has 0 unspecified atom stereocenters. The third kappa shape index (κ3) is 3.56. The molecule has 0 aromatic heterocycles. The number of benzene rings is 2. The summed E-state index contributed by atoms with van der Waals surface area (Å²) in [7, 11) is 0. The highest BCUT2D eigenvalue weighted by Gasteiger charge is 2.14. The number of aryl methyl sites for hydroxylation is 1. The van der Waals surface area contributed by atoms with Crippen LogP contribution in [0.4, 0.5) is 5.69 Å². The van der Waals surface area contributed by atoms with Gasteiger partial charge in [0.05, 0.1) is 5.69 Å². The first kappa shape index (κ1) is 14.0. The fourth-order valence-electron chi connectivity index (χ4n) is 2.59. The van der Waals surface area contributed by atoms with E-state index in [2.05, 4.69) is 59.6 Å². The zero-order chi connectivity index (χ0) is 14.5. The molecule has 0 aliphatic carbocycles. The summed E-state index contributed by atoms with van der Waals surface area (Å²) in [5.74, 6) is 0.972. The van der Waals surface area contributed by atoms with E-state index in [1.54, 1.807) is 0 Å². The second kappa shape index (κ2) is 6.64. The Morgan fingerprint density at radius 3 is 2.48 bits per heavy atom. The molecule has 1 fully saturated rings. The number of para-hydroxylation sites is 2. The zero-order valence-electron chi connectivity index (χ0n) is 12.5. The van der Waals surface area contributed by atoms with Crippen LogP contribution in [0.2, 0.25) is 0 Å². The van der Waals surface area contributed by atoms with Crippen molar-refractivity contribution in [2.75, 3.05) is 31.1 Å². The van der Waals surface area contributed by atoms with Crippen LogP contribution in [0.3, 0.4) is 0 Å². The Labute approximate surface area is 126 Å². The van der Waals surface area contributed by atoms with E-state index in [9.17, 15) is 0 Å². The topological polar surface area (TPSA) is 24.5 Å². The zero-order valence-corrected chi connectivity index (χ0v) is 12.5. The Bertz CT molecular complexity index is 574. The molecule has 0 bridgehead atoms. The molecule has 1 aliphatic rings. The van der Waals surface area contributed by atoms with Crippen LogP contribution in [0, 0.1) is 6.92 Å². The number of nitrogens with zero attached hydrogens (tertiary/aromatic N) is 1. The van der Waals surface area contributed by atoms with Gasteiger partial charge >= 0.3 is 0 Å². The number of anilines is 1. The van der Waals surface area contributed by atoms with Crippen LogP contribution in [0.15, 0.2) is 48.5 Å². The van der Waals surface area contributed by atoms with Crippen LogP contribution in [-0.2, 0) is 6.61 Å². The van der Waals surface area contributed by atoms with Gasteiger partial charge in [0, 0.05) is 26.2 Å². The van der Waals surface area contributed by atoms with E-state index in [1.165, 1.54) is 16.8 Å². The van der Waals surface area contributed by atoms with Crippen LogP contribution in [0.5, 0.6) is 5.75 Å². The van der Waals surface area contributed by atoms with E-state index in [4.69, 9.17) is 4.74 Å². The molecule has 1 N–H and O–H groups in total. The Balaban J connectivity index is 1.71. The van der Waals surface area contributed by atoms with E-state index < -0.39 is 0 Å². The first-order valence-electron chi connectivity index (χ1n) is 7.56. The predicted molar refractivity (Wildman–Crippen MR) is 87.0 cm³/mol. The number of ether oxygens (including phenoxy) is 1. The summed E-state index contributed by atoms with van der Waals surface area (Å²) in [6.07, 6.45) is 0. The average molecular weight is 282 g/mol. The lowest BCUT2D eigenvalue weighted by Crippen LogP contribution is -2.43. The molecule has 1 aliphatic heterocycles. The summed E-state index contributed by atoms with van der Waals surface area (Å²) >= 11 is 0. The highest BCUT2D eigenvalue weighted by molar-refractivity contribution is 5.58. The lowest BCUT2D eigenvalue weighted by atomic mass is 10.2. The highest BCUT2D eigenvalue weighted by atomic mass is 16.5. The quantitative estimate of drug-likeness (QED) is 0.933. The predicted octanol–water partition coefficient (Wildman–Crippen LogP) is 2.98. The van der Waals surface area contributed by atoms with Gasteiger partial charge < -0.3 is 15.0 Å². The van der Waals surface area contributed by atoms with E-state index in [0.29, 0.717) is 6.61 Å². The minimum atomic E-state index is 0.614. The minimum Gasteiger partial charge on any atom is -0.487 e. The summed E-state index contributed by atoms with van der Waals surface area (Å²) in [4.78, 5) is 2.39. The Morgan fingerprint density at radius 1 is 1.00 bits per heavy atom. The molecule has 0 atom stereocenters. The summed E-state index contributed by atoms with van der Waals surface area (Å²) in [6, 6.07) is 16.8. The number of nitrogens with one attached hydrogen (secondary N) is 1. The SMILES string of the molecule is Cc1ccc(COc2ccccc2N2CCNCC2)cc1. The second-order valence-electron chi connectivity index (χ2n) is 5.48. The normalized spacial score (nSPS) is 15.0. The molecule has 3 nitrogen and oxygen atoms in total. The van der Waals surface area contributed by atoms with Gasteiger partial charge in [0.1, 0.15) is 12.4 Å². The molecule has 3 heteroatoms. The van der Waals surface area contributed by atoms with Crippen LogP contribution in [0.1, 0.15) is 11.1 Å². The van der Waals surface area contributed by atoms with Gasteiger partial charge in [0.2, 0.25) is 0 Å². The third-order valence-electron chi connectivity index (χ3n) is 3.84. The number of hydrogen-bond acceptors (Lipinski definition) is 3. The Morgan fingerprint density at radius 2 is 1.71 bits per heavy atom. The number of piperazine rings is 1. The molecule has 3 rings (SSSR count). The maximum atomic E-state index is 6.05. The van der Waals surface area contributed by atoms with Crippen molar-refractivity contribution in [3.63, 3.8) is 0 Å². The van der Waals surface area contributed by atoms with Crippen molar-refractivity contribution in [2.24, 2.45) is 0 Å². The molecule has 0 saturated carbocycles.